The molecule has 0 unspecified atom stereocenters. The van der Waals surface area contributed by atoms with Crippen molar-refractivity contribution in [3.05, 3.63) is 18.0 Å². The first-order valence-electron chi connectivity index (χ1n) is 6.70. The SMILES string of the molecule is CC(C)n1cc(CN(CCC(=O)O)C(C)(C)C)cn1. The standard InChI is InChI=1S/C14H25N3O2/c1-11(2)17-10-12(8-15-17)9-16(14(3,4)5)7-6-13(18)19/h8,10-11H,6-7,9H2,1-5H3,(H,18,19). The summed E-state index contributed by atoms with van der Waals surface area (Å²) in [7, 11) is 0. The van der Waals surface area contributed by atoms with E-state index in [4.69, 9.17) is 5.11 Å². The molecule has 108 valence electrons. The van der Waals surface area contributed by atoms with Gasteiger partial charge < -0.3 is 5.11 Å². The second-order valence-electron chi connectivity index (χ2n) is 6.16. The lowest BCUT2D eigenvalue weighted by Crippen LogP contribution is -2.41. The molecule has 19 heavy (non-hydrogen) atoms. The highest BCUT2D eigenvalue weighted by atomic mass is 16.4. The number of rotatable bonds is 6. The molecule has 0 bridgehead atoms. The Kier molecular flexibility index (Phi) is 5.11. The maximum Gasteiger partial charge on any atom is 0.304 e. The molecular weight excluding hydrogens is 242 g/mol. The van der Waals surface area contributed by atoms with E-state index in [2.05, 4.69) is 44.6 Å². The molecule has 1 heterocycles. The largest absolute Gasteiger partial charge is 0.481 e. The molecule has 0 aromatic carbocycles. The third kappa shape index (κ3) is 5.03. The van der Waals surface area contributed by atoms with Crippen molar-refractivity contribution in [1.82, 2.24) is 14.7 Å². The van der Waals surface area contributed by atoms with Crippen LogP contribution in [0.15, 0.2) is 12.4 Å². The van der Waals surface area contributed by atoms with E-state index in [1.807, 2.05) is 17.1 Å². The molecule has 5 heteroatoms. The van der Waals surface area contributed by atoms with E-state index in [-0.39, 0.29) is 12.0 Å². The first-order valence-corrected chi connectivity index (χ1v) is 6.70. The van der Waals surface area contributed by atoms with Gasteiger partial charge >= 0.3 is 5.97 Å². The maximum absolute atomic E-state index is 10.7. The molecule has 0 atom stereocenters. The molecule has 1 N–H and O–H groups in total. The Hall–Kier alpha value is -1.36. The van der Waals surface area contributed by atoms with E-state index in [1.165, 1.54) is 0 Å². The van der Waals surface area contributed by atoms with Crippen LogP contribution in [0, 0.1) is 0 Å². The zero-order chi connectivity index (χ0) is 14.6. The summed E-state index contributed by atoms with van der Waals surface area (Å²) in [6.07, 6.45) is 4.05. The Morgan fingerprint density at radius 1 is 1.47 bits per heavy atom. The van der Waals surface area contributed by atoms with Gasteiger partial charge in [-0.15, -0.1) is 0 Å². The Morgan fingerprint density at radius 3 is 2.53 bits per heavy atom. The average molecular weight is 267 g/mol. The van der Waals surface area contributed by atoms with Gasteiger partial charge in [0.2, 0.25) is 0 Å². The van der Waals surface area contributed by atoms with Crippen molar-refractivity contribution >= 4 is 5.97 Å². The molecular formula is C14H25N3O2. The molecule has 0 amide bonds. The van der Waals surface area contributed by atoms with Crippen molar-refractivity contribution in [2.24, 2.45) is 0 Å². The van der Waals surface area contributed by atoms with Crippen LogP contribution in [0.5, 0.6) is 0 Å². The van der Waals surface area contributed by atoms with E-state index < -0.39 is 5.97 Å². The van der Waals surface area contributed by atoms with Gasteiger partial charge in [0.1, 0.15) is 0 Å². The molecule has 1 aromatic heterocycles. The van der Waals surface area contributed by atoms with Gasteiger partial charge in [-0.05, 0) is 34.6 Å². The molecule has 0 saturated carbocycles. The first kappa shape index (κ1) is 15.7. The number of hydrogen-bond donors (Lipinski definition) is 1. The molecule has 0 fully saturated rings. The van der Waals surface area contributed by atoms with Gasteiger partial charge in [-0.2, -0.15) is 5.10 Å². The molecule has 5 nitrogen and oxygen atoms in total. The molecule has 0 saturated heterocycles. The molecule has 1 rings (SSSR count). The third-order valence-corrected chi connectivity index (χ3v) is 3.10. The number of carbonyl (C=O) groups is 1. The van der Waals surface area contributed by atoms with Crippen LogP contribution < -0.4 is 0 Å². The van der Waals surface area contributed by atoms with Crippen molar-refractivity contribution in [2.45, 2.75) is 59.2 Å². The lowest BCUT2D eigenvalue weighted by atomic mass is 10.0. The summed E-state index contributed by atoms with van der Waals surface area (Å²) in [6, 6.07) is 0.343. The van der Waals surface area contributed by atoms with E-state index in [1.54, 1.807) is 0 Å². The van der Waals surface area contributed by atoms with Crippen molar-refractivity contribution in [2.75, 3.05) is 6.54 Å². The van der Waals surface area contributed by atoms with Crippen LogP contribution in [0.2, 0.25) is 0 Å². The summed E-state index contributed by atoms with van der Waals surface area (Å²) in [5.41, 5.74) is 1.06. The van der Waals surface area contributed by atoms with Gasteiger partial charge in [-0.25, -0.2) is 0 Å². The summed E-state index contributed by atoms with van der Waals surface area (Å²) in [4.78, 5) is 12.9. The van der Waals surface area contributed by atoms with Crippen LogP contribution in [0.4, 0.5) is 0 Å². The number of nitrogens with zero attached hydrogens (tertiary/aromatic N) is 3. The second kappa shape index (κ2) is 6.19. The Bertz CT molecular complexity index is 419. The zero-order valence-electron chi connectivity index (χ0n) is 12.6. The summed E-state index contributed by atoms with van der Waals surface area (Å²) < 4.78 is 1.92. The van der Waals surface area contributed by atoms with E-state index >= 15 is 0 Å². The van der Waals surface area contributed by atoms with Crippen LogP contribution in [-0.4, -0.2) is 37.8 Å². The maximum atomic E-state index is 10.7. The number of carboxylic acid groups (broad SMARTS) is 1. The molecule has 0 aliphatic carbocycles. The van der Waals surface area contributed by atoms with Crippen molar-refractivity contribution in [1.29, 1.82) is 0 Å². The monoisotopic (exact) mass is 267 g/mol. The number of carboxylic acids is 1. The molecule has 0 aliphatic rings. The fourth-order valence-electron chi connectivity index (χ4n) is 1.84. The normalized spacial score (nSPS) is 12.4. The van der Waals surface area contributed by atoms with E-state index in [9.17, 15) is 4.79 Å². The lowest BCUT2D eigenvalue weighted by molar-refractivity contribution is -0.137. The van der Waals surface area contributed by atoms with Crippen LogP contribution in [0.1, 0.15) is 52.6 Å². The smallest absolute Gasteiger partial charge is 0.304 e. The summed E-state index contributed by atoms with van der Waals surface area (Å²) in [5, 5.41) is 13.1. The van der Waals surface area contributed by atoms with Gasteiger partial charge in [-0.3, -0.25) is 14.4 Å². The topological polar surface area (TPSA) is 58.4 Å². The molecule has 1 aromatic rings. The molecule has 0 radical (unpaired) electrons. The minimum atomic E-state index is -0.757. The quantitative estimate of drug-likeness (QED) is 0.860. The molecule has 0 spiro atoms. The van der Waals surface area contributed by atoms with E-state index in [0.29, 0.717) is 12.6 Å². The van der Waals surface area contributed by atoms with Crippen LogP contribution in [0.3, 0.4) is 0 Å². The van der Waals surface area contributed by atoms with Crippen LogP contribution in [0.25, 0.3) is 0 Å². The highest BCUT2D eigenvalue weighted by molar-refractivity contribution is 5.66. The highest BCUT2D eigenvalue weighted by Gasteiger charge is 2.22. The number of aliphatic carboxylic acids is 1. The summed E-state index contributed by atoms with van der Waals surface area (Å²) in [5.74, 6) is -0.757. The van der Waals surface area contributed by atoms with Gasteiger partial charge in [-0.1, -0.05) is 0 Å². The Labute approximate surface area is 115 Å². The predicted octanol–water partition coefficient (Wildman–Crippen LogP) is 2.54. The van der Waals surface area contributed by atoms with Crippen molar-refractivity contribution in [3.63, 3.8) is 0 Å². The Morgan fingerprint density at radius 2 is 2.11 bits per heavy atom. The lowest BCUT2D eigenvalue weighted by Gasteiger charge is -2.35. The first-order chi connectivity index (χ1) is 8.70. The third-order valence-electron chi connectivity index (χ3n) is 3.10. The van der Waals surface area contributed by atoms with Gasteiger partial charge in [0, 0.05) is 36.4 Å². The number of hydrogen-bond acceptors (Lipinski definition) is 3. The Balaban J connectivity index is 2.73. The zero-order valence-corrected chi connectivity index (χ0v) is 12.6. The summed E-state index contributed by atoms with van der Waals surface area (Å²) >= 11 is 0. The van der Waals surface area contributed by atoms with Crippen molar-refractivity contribution in [3.8, 4) is 0 Å². The van der Waals surface area contributed by atoms with Gasteiger partial charge in [0.25, 0.3) is 0 Å². The summed E-state index contributed by atoms with van der Waals surface area (Å²) in [6.45, 7) is 11.7. The van der Waals surface area contributed by atoms with E-state index in [0.717, 1.165) is 12.1 Å². The van der Waals surface area contributed by atoms with Crippen LogP contribution in [-0.2, 0) is 11.3 Å². The predicted molar refractivity (Wildman–Crippen MR) is 75.0 cm³/mol. The highest BCUT2D eigenvalue weighted by Crippen LogP contribution is 2.18. The van der Waals surface area contributed by atoms with Crippen molar-refractivity contribution < 1.29 is 9.90 Å². The average Bonchev–Trinajstić information content (AvgIpc) is 2.70. The van der Waals surface area contributed by atoms with Crippen LogP contribution >= 0.6 is 0 Å². The van der Waals surface area contributed by atoms with Gasteiger partial charge in [0.05, 0.1) is 12.6 Å². The van der Waals surface area contributed by atoms with Gasteiger partial charge in [0.15, 0.2) is 0 Å². The molecule has 0 aliphatic heterocycles. The number of aromatic nitrogens is 2. The second-order valence-corrected chi connectivity index (χ2v) is 6.16. The fourth-order valence-corrected chi connectivity index (χ4v) is 1.84. The fraction of sp³-hybridized carbons (Fsp3) is 0.714. The minimum absolute atomic E-state index is 0.0601. The minimum Gasteiger partial charge on any atom is -0.481 e.